The van der Waals surface area contributed by atoms with E-state index in [0.29, 0.717) is 22.5 Å². The van der Waals surface area contributed by atoms with Gasteiger partial charge >= 0.3 is 0 Å². The van der Waals surface area contributed by atoms with Gasteiger partial charge < -0.3 is 14.6 Å². The number of halogens is 1. The van der Waals surface area contributed by atoms with E-state index >= 15 is 0 Å². The summed E-state index contributed by atoms with van der Waals surface area (Å²) in [7, 11) is 1.67. The molecule has 130 valence electrons. The third-order valence-corrected chi connectivity index (χ3v) is 4.63. The fourth-order valence-corrected chi connectivity index (χ4v) is 3.38. The molecule has 0 aliphatic carbocycles. The van der Waals surface area contributed by atoms with Crippen LogP contribution in [-0.2, 0) is 16.1 Å². The van der Waals surface area contributed by atoms with E-state index in [4.69, 9.17) is 16.3 Å². The van der Waals surface area contributed by atoms with Gasteiger partial charge in [-0.15, -0.1) is 10.2 Å². The van der Waals surface area contributed by atoms with E-state index in [1.54, 1.807) is 13.4 Å². The van der Waals surface area contributed by atoms with Crippen molar-refractivity contribution in [1.29, 1.82) is 0 Å². The average Bonchev–Trinajstić information content (AvgIpc) is 2.96. The zero-order valence-corrected chi connectivity index (χ0v) is 15.6. The van der Waals surface area contributed by atoms with Gasteiger partial charge in [-0.3, -0.25) is 4.79 Å². The number of aryl methyl sites for hydroxylation is 3. The van der Waals surface area contributed by atoms with Crippen molar-refractivity contribution in [2.75, 3.05) is 24.8 Å². The van der Waals surface area contributed by atoms with Gasteiger partial charge in [-0.2, -0.15) is 0 Å². The fraction of sp³-hybridized carbons (Fsp3) is 0.438. The number of thioether (sulfide) groups is 1. The van der Waals surface area contributed by atoms with Crippen LogP contribution in [0.2, 0.25) is 5.02 Å². The second-order valence-corrected chi connectivity index (χ2v) is 6.78. The molecule has 0 aliphatic heterocycles. The van der Waals surface area contributed by atoms with Gasteiger partial charge in [-0.05, 0) is 37.5 Å². The van der Waals surface area contributed by atoms with Gasteiger partial charge in [0.25, 0.3) is 0 Å². The van der Waals surface area contributed by atoms with Crippen LogP contribution in [0, 0.1) is 13.8 Å². The first-order chi connectivity index (χ1) is 11.5. The molecule has 0 radical (unpaired) electrons. The molecule has 8 heteroatoms. The Kier molecular flexibility index (Phi) is 7.08. The molecule has 0 aliphatic rings. The maximum atomic E-state index is 12.2. The van der Waals surface area contributed by atoms with E-state index in [1.165, 1.54) is 11.8 Å². The van der Waals surface area contributed by atoms with E-state index < -0.39 is 0 Å². The Morgan fingerprint density at radius 3 is 2.92 bits per heavy atom. The molecule has 1 amide bonds. The molecular weight excluding hydrogens is 348 g/mol. The molecular formula is C16H21ClN4O2S. The summed E-state index contributed by atoms with van der Waals surface area (Å²) < 4.78 is 6.96. The highest BCUT2D eigenvalue weighted by Crippen LogP contribution is 2.27. The molecule has 1 aromatic carbocycles. The van der Waals surface area contributed by atoms with Crippen LogP contribution in [0.15, 0.2) is 23.6 Å². The van der Waals surface area contributed by atoms with Crippen molar-refractivity contribution in [2.24, 2.45) is 0 Å². The summed E-state index contributed by atoms with van der Waals surface area (Å²) in [6.45, 7) is 5.33. The van der Waals surface area contributed by atoms with Crippen LogP contribution in [-0.4, -0.2) is 40.1 Å². The van der Waals surface area contributed by atoms with Crippen LogP contribution < -0.4 is 5.32 Å². The normalized spacial score (nSPS) is 10.8. The standard InChI is InChI=1S/C16H21ClN4O2S/c1-11-7-12(2)15(13(17)8-11)19-14(22)9-24-16-20-18-10-21(16)5-4-6-23-3/h7-8,10H,4-6,9H2,1-3H3,(H,19,22). The first-order valence-corrected chi connectivity index (χ1v) is 8.93. The topological polar surface area (TPSA) is 69.0 Å². The highest BCUT2D eigenvalue weighted by molar-refractivity contribution is 7.99. The van der Waals surface area contributed by atoms with Crippen molar-refractivity contribution in [2.45, 2.75) is 32.0 Å². The van der Waals surface area contributed by atoms with E-state index in [9.17, 15) is 4.79 Å². The number of ether oxygens (including phenoxy) is 1. The Morgan fingerprint density at radius 2 is 2.21 bits per heavy atom. The number of carbonyl (C=O) groups is 1. The van der Waals surface area contributed by atoms with Crippen molar-refractivity contribution in [3.8, 4) is 0 Å². The van der Waals surface area contributed by atoms with Gasteiger partial charge in [0.05, 0.1) is 16.5 Å². The Morgan fingerprint density at radius 1 is 1.42 bits per heavy atom. The predicted molar refractivity (Wildman–Crippen MR) is 96.8 cm³/mol. The lowest BCUT2D eigenvalue weighted by Gasteiger charge is -2.11. The minimum Gasteiger partial charge on any atom is -0.385 e. The highest BCUT2D eigenvalue weighted by Gasteiger charge is 2.12. The zero-order chi connectivity index (χ0) is 17.5. The number of anilines is 1. The molecule has 0 fully saturated rings. The maximum absolute atomic E-state index is 12.2. The van der Waals surface area contributed by atoms with Gasteiger partial charge in [0.15, 0.2) is 5.16 Å². The van der Waals surface area contributed by atoms with Crippen LogP contribution in [0.1, 0.15) is 17.5 Å². The van der Waals surface area contributed by atoms with Gasteiger partial charge in [-0.25, -0.2) is 0 Å². The second-order valence-electron chi connectivity index (χ2n) is 5.43. The number of nitrogens with one attached hydrogen (secondary N) is 1. The van der Waals surface area contributed by atoms with E-state index in [0.717, 1.165) is 24.1 Å². The summed E-state index contributed by atoms with van der Waals surface area (Å²) in [5, 5.41) is 12.1. The van der Waals surface area contributed by atoms with Crippen molar-refractivity contribution in [3.05, 3.63) is 34.6 Å². The monoisotopic (exact) mass is 368 g/mol. The molecule has 1 aromatic heterocycles. The minimum absolute atomic E-state index is 0.125. The van der Waals surface area contributed by atoms with Gasteiger partial charge in [-0.1, -0.05) is 29.4 Å². The molecule has 24 heavy (non-hydrogen) atoms. The lowest BCUT2D eigenvalue weighted by molar-refractivity contribution is -0.113. The van der Waals surface area contributed by atoms with Gasteiger partial charge in [0.2, 0.25) is 5.91 Å². The molecule has 0 saturated carbocycles. The summed E-state index contributed by atoms with van der Waals surface area (Å²) >= 11 is 7.56. The van der Waals surface area contributed by atoms with Crippen molar-refractivity contribution < 1.29 is 9.53 Å². The number of hydrogen-bond donors (Lipinski definition) is 1. The molecule has 1 N–H and O–H groups in total. The summed E-state index contributed by atoms with van der Waals surface area (Å²) in [5.41, 5.74) is 2.67. The van der Waals surface area contributed by atoms with Crippen molar-refractivity contribution in [1.82, 2.24) is 14.8 Å². The highest BCUT2D eigenvalue weighted by atomic mass is 35.5. The SMILES string of the molecule is COCCCn1cnnc1SCC(=O)Nc1c(C)cc(C)cc1Cl. The number of carbonyl (C=O) groups excluding carboxylic acids is 1. The van der Waals surface area contributed by atoms with Crippen LogP contribution in [0.4, 0.5) is 5.69 Å². The summed E-state index contributed by atoms with van der Waals surface area (Å²) in [6, 6.07) is 3.82. The number of amides is 1. The molecule has 2 aromatic rings. The lowest BCUT2D eigenvalue weighted by atomic mass is 10.1. The van der Waals surface area contributed by atoms with Crippen LogP contribution >= 0.6 is 23.4 Å². The van der Waals surface area contributed by atoms with Crippen LogP contribution in [0.3, 0.4) is 0 Å². The zero-order valence-electron chi connectivity index (χ0n) is 14.0. The number of methoxy groups -OCH3 is 1. The largest absolute Gasteiger partial charge is 0.385 e. The minimum atomic E-state index is -0.125. The number of hydrogen-bond acceptors (Lipinski definition) is 5. The third kappa shape index (κ3) is 5.22. The number of benzene rings is 1. The van der Waals surface area contributed by atoms with E-state index in [-0.39, 0.29) is 11.7 Å². The first kappa shape index (κ1) is 18.8. The summed E-state index contributed by atoms with van der Waals surface area (Å²) in [5.74, 6) is 0.118. The molecule has 0 spiro atoms. The molecule has 0 saturated heterocycles. The maximum Gasteiger partial charge on any atom is 0.234 e. The van der Waals surface area contributed by atoms with Gasteiger partial charge in [0, 0.05) is 20.3 Å². The molecule has 6 nitrogen and oxygen atoms in total. The van der Waals surface area contributed by atoms with E-state index in [1.807, 2.05) is 30.5 Å². The van der Waals surface area contributed by atoms with E-state index in [2.05, 4.69) is 15.5 Å². The smallest absolute Gasteiger partial charge is 0.234 e. The van der Waals surface area contributed by atoms with Crippen LogP contribution in [0.25, 0.3) is 0 Å². The van der Waals surface area contributed by atoms with Crippen LogP contribution in [0.5, 0.6) is 0 Å². The Balaban J connectivity index is 1.91. The molecule has 0 atom stereocenters. The Labute approximate surface area is 150 Å². The van der Waals surface area contributed by atoms with Gasteiger partial charge in [0.1, 0.15) is 6.33 Å². The number of aromatic nitrogens is 3. The quantitative estimate of drug-likeness (QED) is 0.571. The molecule has 0 unspecified atom stereocenters. The molecule has 0 bridgehead atoms. The van der Waals surface area contributed by atoms with Crippen molar-refractivity contribution in [3.63, 3.8) is 0 Å². The second kappa shape index (κ2) is 9.05. The summed E-state index contributed by atoms with van der Waals surface area (Å²) in [6.07, 6.45) is 2.53. The number of nitrogens with zero attached hydrogens (tertiary/aromatic N) is 3. The first-order valence-electron chi connectivity index (χ1n) is 7.57. The fourth-order valence-electron chi connectivity index (χ4n) is 2.27. The number of rotatable bonds is 8. The lowest BCUT2D eigenvalue weighted by Crippen LogP contribution is -2.16. The molecule has 1 heterocycles. The average molecular weight is 369 g/mol. The molecule has 2 rings (SSSR count). The Bertz CT molecular complexity index is 682. The Hall–Kier alpha value is -1.57. The predicted octanol–water partition coefficient (Wildman–Crippen LogP) is 3.32. The summed E-state index contributed by atoms with van der Waals surface area (Å²) in [4.78, 5) is 12.2. The third-order valence-electron chi connectivity index (χ3n) is 3.36. The van der Waals surface area contributed by atoms with Crippen molar-refractivity contribution >= 4 is 35.0 Å².